The highest BCUT2D eigenvalue weighted by Gasteiger charge is 2.19. The molecule has 104 valence electrons. The summed E-state index contributed by atoms with van der Waals surface area (Å²) in [5.74, 6) is 1.92. The maximum atomic E-state index is 11.9. The molecule has 1 aromatic heterocycles. The Kier molecular flexibility index (Phi) is 4.71. The number of rotatable bonds is 4. The summed E-state index contributed by atoms with van der Waals surface area (Å²) >= 11 is 0. The predicted octanol–water partition coefficient (Wildman–Crippen LogP) is 2.07. The van der Waals surface area contributed by atoms with Crippen LogP contribution in [0.1, 0.15) is 43.1 Å². The van der Waals surface area contributed by atoms with Crippen molar-refractivity contribution in [1.82, 2.24) is 15.3 Å². The van der Waals surface area contributed by atoms with E-state index in [2.05, 4.69) is 27.5 Å². The predicted molar refractivity (Wildman–Crippen MR) is 75.0 cm³/mol. The molecule has 0 aliphatic heterocycles. The van der Waals surface area contributed by atoms with Gasteiger partial charge in [0.05, 0.1) is 12.4 Å². The van der Waals surface area contributed by atoms with Crippen LogP contribution in [-0.4, -0.2) is 29.5 Å². The molecule has 1 fully saturated rings. The van der Waals surface area contributed by atoms with Gasteiger partial charge in [0.1, 0.15) is 11.5 Å². The largest absolute Gasteiger partial charge is 0.372 e. The van der Waals surface area contributed by atoms with E-state index < -0.39 is 0 Å². The highest BCUT2D eigenvalue weighted by Crippen LogP contribution is 2.27. The van der Waals surface area contributed by atoms with Crippen LogP contribution >= 0.6 is 0 Å². The van der Waals surface area contributed by atoms with Crippen LogP contribution in [0.15, 0.2) is 12.4 Å². The summed E-state index contributed by atoms with van der Waals surface area (Å²) in [4.78, 5) is 20.1. The lowest BCUT2D eigenvalue weighted by Crippen LogP contribution is -2.32. The molecule has 2 unspecified atom stereocenters. The third-order valence-electron chi connectivity index (χ3n) is 3.74. The Labute approximate surface area is 114 Å². The number of aromatic nitrogens is 2. The summed E-state index contributed by atoms with van der Waals surface area (Å²) in [5.41, 5.74) is 0.378. The topological polar surface area (TPSA) is 66.9 Å². The average Bonchev–Trinajstić information content (AvgIpc) is 2.45. The zero-order valence-electron chi connectivity index (χ0n) is 11.6. The molecule has 2 N–H and O–H groups in total. The van der Waals surface area contributed by atoms with Crippen LogP contribution in [0.3, 0.4) is 0 Å². The van der Waals surface area contributed by atoms with Crippen molar-refractivity contribution >= 4 is 11.7 Å². The van der Waals surface area contributed by atoms with Crippen molar-refractivity contribution in [2.45, 2.75) is 32.6 Å². The number of nitrogens with zero attached hydrogens (tertiary/aromatic N) is 2. The Balaban J connectivity index is 1.83. The average molecular weight is 262 g/mol. The molecule has 1 aliphatic carbocycles. The quantitative estimate of drug-likeness (QED) is 0.871. The summed E-state index contributed by atoms with van der Waals surface area (Å²) in [6.45, 7) is 3.04. The molecule has 0 radical (unpaired) electrons. The second kappa shape index (κ2) is 6.50. The minimum atomic E-state index is -0.131. The van der Waals surface area contributed by atoms with E-state index in [1.165, 1.54) is 31.9 Å². The molecule has 1 heterocycles. The van der Waals surface area contributed by atoms with Crippen LogP contribution in [0, 0.1) is 11.8 Å². The van der Waals surface area contributed by atoms with E-state index in [1.807, 2.05) is 0 Å². The SMILES string of the molecule is CNc1cnc(C(=O)NCC2CCCC(C)C2)cn1. The minimum absolute atomic E-state index is 0.131. The first-order chi connectivity index (χ1) is 9.19. The van der Waals surface area contributed by atoms with Gasteiger partial charge in [-0.25, -0.2) is 9.97 Å². The van der Waals surface area contributed by atoms with Gasteiger partial charge < -0.3 is 10.6 Å². The molecule has 1 aliphatic rings. The number of hydrogen-bond donors (Lipinski definition) is 2. The number of amides is 1. The fourth-order valence-corrected chi connectivity index (χ4v) is 2.65. The highest BCUT2D eigenvalue weighted by atomic mass is 16.1. The molecule has 0 saturated heterocycles. The summed E-state index contributed by atoms with van der Waals surface area (Å²) in [6.07, 6.45) is 8.10. The Bertz CT molecular complexity index is 418. The molecule has 0 bridgehead atoms. The molecular weight excluding hydrogens is 240 g/mol. The Morgan fingerprint density at radius 2 is 2.21 bits per heavy atom. The number of carbonyl (C=O) groups excluding carboxylic acids is 1. The van der Waals surface area contributed by atoms with Crippen LogP contribution in [-0.2, 0) is 0 Å². The second-order valence-corrected chi connectivity index (χ2v) is 5.38. The third-order valence-corrected chi connectivity index (χ3v) is 3.74. The van der Waals surface area contributed by atoms with Crippen molar-refractivity contribution < 1.29 is 4.79 Å². The summed E-state index contributed by atoms with van der Waals surface area (Å²) < 4.78 is 0. The molecule has 2 atom stereocenters. The molecule has 19 heavy (non-hydrogen) atoms. The molecule has 1 aromatic rings. The lowest BCUT2D eigenvalue weighted by atomic mass is 9.82. The molecule has 0 spiro atoms. The molecular formula is C14H22N4O. The summed E-state index contributed by atoms with van der Waals surface area (Å²) in [5, 5.41) is 5.84. The first-order valence-corrected chi connectivity index (χ1v) is 6.97. The van der Waals surface area contributed by atoms with Gasteiger partial charge in [-0.3, -0.25) is 4.79 Å². The monoisotopic (exact) mass is 262 g/mol. The normalized spacial score (nSPS) is 22.8. The lowest BCUT2D eigenvalue weighted by molar-refractivity contribution is 0.0935. The van der Waals surface area contributed by atoms with Gasteiger partial charge in [-0.2, -0.15) is 0 Å². The minimum Gasteiger partial charge on any atom is -0.372 e. The van der Waals surface area contributed by atoms with E-state index in [0.717, 1.165) is 12.5 Å². The fraction of sp³-hybridized carbons (Fsp3) is 0.643. The molecule has 1 saturated carbocycles. The van der Waals surface area contributed by atoms with Crippen molar-refractivity contribution in [3.63, 3.8) is 0 Å². The Morgan fingerprint density at radius 3 is 2.84 bits per heavy atom. The molecule has 2 rings (SSSR count). The van der Waals surface area contributed by atoms with E-state index in [-0.39, 0.29) is 5.91 Å². The molecule has 1 amide bonds. The zero-order valence-corrected chi connectivity index (χ0v) is 11.6. The maximum Gasteiger partial charge on any atom is 0.271 e. The molecule has 5 heteroatoms. The number of nitrogens with one attached hydrogen (secondary N) is 2. The second-order valence-electron chi connectivity index (χ2n) is 5.38. The fourth-order valence-electron chi connectivity index (χ4n) is 2.65. The molecule has 0 aromatic carbocycles. The van der Waals surface area contributed by atoms with Crippen molar-refractivity contribution in [3.05, 3.63) is 18.1 Å². The van der Waals surface area contributed by atoms with Gasteiger partial charge in [-0.15, -0.1) is 0 Å². The first kappa shape index (κ1) is 13.8. The Morgan fingerprint density at radius 1 is 1.37 bits per heavy atom. The van der Waals surface area contributed by atoms with E-state index in [4.69, 9.17) is 0 Å². The van der Waals surface area contributed by atoms with Crippen LogP contribution in [0.2, 0.25) is 0 Å². The smallest absolute Gasteiger partial charge is 0.271 e. The van der Waals surface area contributed by atoms with Gasteiger partial charge >= 0.3 is 0 Å². The van der Waals surface area contributed by atoms with Crippen LogP contribution in [0.25, 0.3) is 0 Å². The summed E-state index contributed by atoms with van der Waals surface area (Å²) in [7, 11) is 1.77. The molecule has 5 nitrogen and oxygen atoms in total. The van der Waals surface area contributed by atoms with Crippen LogP contribution in [0.4, 0.5) is 5.82 Å². The van der Waals surface area contributed by atoms with E-state index in [9.17, 15) is 4.79 Å². The lowest BCUT2D eigenvalue weighted by Gasteiger charge is -2.26. The standard InChI is InChI=1S/C14H22N4O/c1-10-4-3-5-11(6-10)7-18-14(19)12-8-17-13(15-2)9-16-12/h8-11H,3-7H2,1-2H3,(H,15,17)(H,18,19). The van der Waals surface area contributed by atoms with Gasteiger partial charge in [-0.1, -0.05) is 19.8 Å². The maximum absolute atomic E-state index is 11.9. The van der Waals surface area contributed by atoms with Crippen LogP contribution < -0.4 is 10.6 Å². The van der Waals surface area contributed by atoms with Crippen molar-refractivity contribution in [2.75, 3.05) is 18.9 Å². The highest BCUT2D eigenvalue weighted by molar-refractivity contribution is 5.91. The third kappa shape index (κ3) is 3.91. The van der Waals surface area contributed by atoms with Gasteiger partial charge in [-0.05, 0) is 24.7 Å². The Hall–Kier alpha value is -1.65. The van der Waals surface area contributed by atoms with Gasteiger partial charge in [0.25, 0.3) is 5.91 Å². The van der Waals surface area contributed by atoms with Crippen molar-refractivity contribution in [3.8, 4) is 0 Å². The van der Waals surface area contributed by atoms with E-state index in [1.54, 1.807) is 13.2 Å². The first-order valence-electron chi connectivity index (χ1n) is 6.97. The van der Waals surface area contributed by atoms with Crippen molar-refractivity contribution in [2.24, 2.45) is 11.8 Å². The van der Waals surface area contributed by atoms with Crippen molar-refractivity contribution in [1.29, 1.82) is 0 Å². The van der Waals surface area contributed by atoms with E-state index in [0.29, 0.717) is 17.4 Å². The number of carbonyl (C=O) groups is 1. The van der Waals surface area contributed by atoms with Crippen LogP contribution in [0.5, 0.6) is 0 Å². The van der Waals surface area contributed by atoms with Gasteiger partial charge in [0.15, 0.2) is 0 Å². The van der Waals surface area contributed by atoms with E-state index >= 15 is 0 Å². The number of anilines is 1. The zero-order chi connectivity index (χ0) is 13.7. The number of hydrogen-bond acceptors (Lipinski definition) is 4. The van der Waals surface area contributed by atoms with Gasteiger partial charge in [0, 0.05) is 13.6 Å². The van der Waals surface area contributed by atoms with Gasteiger partial charge in [0.2, 0.25) is 0 Å². The summed E-state index contributed by atoms with van der Waals surface area (Å²) in [6, 6.07) is 0.